The molecule has 0 saturated carbocycles. The number of anilines is 3. The molecule has 2 aliphatic rings. The van der Waals surface area contributed by atoms with Crippen LogP contribution in [-0.2, 0) is 22.2 Å². The van der Waals surface area contributed by atoms with Crippen LogP contribution in [-0.4, -0.2) is 41.4 Å². The Morgan fingerprint density at radius 2 is 2.16 bits per heavy atom. The van der Waals surface area contributed by atoms with Crippen molar-refractivity contribution in [3.05, 3.63) is 35.0 Å². The molecular formula is C19H19BF3N5O3. The van der Waals surface area contributed by atoms with E-state index in [0.29, 0.717) is 31.0 Å². The molecule has 1 aromatic carbocycles. The van der Waals surface area contributed by atoms with Crippen LogP contribution in [0, 0.1) is 24.2 Å². The lowest BCUT2D eigenvalue weighted by Crippen LogP contribution is -2.38. The Morgan fingerprint density at radius 3 is 2.90 bits per heavy atom. The molecule has 2 aromatic rings. The summed E-state index contributed by atoms with van der Waals surface area (Å²) in [7, 11) is -1.61. The van der Waals surface area contributed by atoms with Gasteiger partial charge in [0.2, 0.25) is 5.95 Å². The van der Waals surface area contributed by atoms with Crippen molar-refractivity contribution < 1.29 is 27.6 Å². The average Bonchev–Trinajstić information content (AvgIpc) is 3.10. The van der Waals surface area contributed by atoms with E-state index < -0.39 is 18.9 Å². The summed E-state index contributed by atoms with van der Waals surface area (Å²) in [5.74, 6) is 0.312. The quantitative estimate of drug-likeness (QED) is 0.629. The summed E-state index contributed by atoms with van der Waals surface area (Å²) in [6.45, 7) is 2.53. The minimum atomic E-state index is -4.66. The molecule has 2 aliphatic heterocycles. The van der Waals surface area contributed by atoms with Crippen molar-refractivity contribution in [2.45, 2.75) is 32.2 Å². The van der Waals surface area contributed by atoms with Crippen molar-refractivity contribution in [2.75, 3.05) is 23.8 Å². The second-order valence-corrected chi connectivity index (χ2v) is 7.46. The highest BCUT2D eigenvalue weighted by molar-refractivity contribution is 6.62. The second kappa shape index (κ2) is 8.34. The molecule has 2 atom stereocenters. The van der Waals surface area contributed by atoms with Gasteiger partial charge in [0.05, 0.1) is 36.8 Å². The molecule has 0 spiro atoms. The van der Waals surface area contributed by atoms with Crippen LogP contribution < -0.4 is 16.1 Å². The summed E-state index contributed by atoms with van der Waals surface area (Å²) < 4.78 is 50.9. The first-order chi connectivity index (χ1) is 14.8. The molecule has 1 unspecified atom stereocenters. The Morgan fingerprint density at radius 1 is 1.35 bits per heavy atom. The molecule has 1 saturated heterocycles. The van der Waals surface area contributed by atoms with Crippen molar-refractivity contribution in [3.8, 4) is 6.07 Å². The van der Waals surface area contributed by atoms with Crippen LogP contribution in [0.25, 0.3) is 0 Å². The zero-order chi connectivity index (χ0) is 22.2. The van der Waals surface area contributed by atoms with Gasteiger partial charge in [-0.2, -0.15) is 23.4 Å². The van der Waals surface area contributed by atoms with E-state index in [1.165, 1.54) is 12.3 Å². The van der Waals surface area contributed by atoms with E-state index in [4.69, 9.17) is 9.39 Å². The standard InChI is InChI=1S/C19H19BF3N5O3/c1-10-7-25-18(28-17(10)27-15-9-30-3-2-11(15)6-24)26-13-4-12-8-31-20(29)16(12)14(5-13)19(21,22)23/h4-5,7,11,15,29H,2-3,8-9H2,1H3,(H2,25,26,27,28)/t11?,15-/m0/s1. The fraction of sp³-hybridized carbons (Fsp3) is 0.421. The highest BCUT2D eigenvalue weighted by Gasteiger charge is 2.41. The predicted molar refractivity (Wildman–Crippen MR) is 106 cm³/mol. The molecule has 12 heteroatoms. The fourth-order valence-electron chi connectivity index (χ4n) is 3.67. The first kappa shape index (κ1) is 21.4. The third-order valence-corrected chi connectivity index (χ3v) is 5.29. The van der Waals surface area contributed by atoms with Crippen LogP contribution in [0.3, 0.4) is 0 Å². The molecule has 0 amide bonds. The number of ether oxygens (including phenoxy) is 1. The van der Waals surface area contributed by atoms with Crippen LogP contribution in [0.4, 0.5) is 30.6 Å². The molecule has 0 aliphatic carbocycles. The molecule has 4 rings (SSSR count). The van der Waals surface area contributed by atoms with E-state index >= 15 is 0 Å². The number of hydrogen-bond acceptors (Lipinski definition) is 8. The highest BCUT2D eigenvalue weighted by atomic mass is 19.4. The Hall–Kier alpha value is -2.88. The Balaban J connectivity index is 1.61. The molecule has 162 valence electrons. The lowest BCUT2D eigenvalue weighted by atomic mass is 9.75. The van der Waals surface area contributed by atoms with E-state index in [1.807, 2.05) is 0 Å². The van der Waals surface area contributed by atoms with Gasteiger partial charge in [-0.05, 0) is 31.0 Å². The van der Waals surface area contributed by atoms with E-state index in [9.17, 15) is 23.5 Å². The maximum atomic E-state index is 13.5. The number of aryl methyl sites for hydroxylation is 1. The first-order valence-electron chi connectivity index (χ1n) is 9.64. The normalized spacial score (nSPS) is 20.8. The average molecular weight is 433 g/mol. The molecule has 31 heavy (non-hydrogen) atoms. The monoisotopic (exact) mass is 433 g/mol. The van der Waals surface area contributed by atoms with Crippen molar-refractivity contribution >= 4 is 30.0 Å². The van der Waals surface area contributed by atoms with Gasteiger partial charge in [0.25, 0.3) is 0 Å². The minimum Gasteiger partial charge on any atom is -0.423 e. The summed E-state index contributed by atoms with van der Waals surface area (Å²) in [6.07, 6.45) is -2.52. The molecule has 8 nitrogen and oxygen atoms in total. The number of nitriles is 1. The number of fused-ring (bicyclic) bond motifs is 1. The summed E-state index contributed by atoms with van der Waals surface area (Å²) in [5.41, 5.74) is -0.167. The smallest absolute Gasteiger partial charge is 0.423 e. The maximum absolute atomic E-state index is 13.5. The van der Waals surface area contributed by atoms with E-state index in [1.54, 1.807) is 6.92 Å². The van der Waals surface area contributed by atoms with Crippen LogP contribution in [0.5, 0.6) is 0 Å². The summed E-state index contributed by atoms with van der Waals surface area (Å²) in [4.78, 5) is 8.52. The van der Waals surface area contributed by atoms with Crippen LogP contribution in [0.15, 0.2) is 18.3 Å². The van der Waals surface area contributed by atoms with Gasteiger partial charge in [0.15, 0.2) is 0 Å². The second-order valence-electron chi connectivity index (χ2n) is 7.46. The number of hydrogen-bond donors (Lipinski definition) is 3. The summed E-state index contributed by atoms with van der Waals surface area (Å²) in [5, 5.41) is 25.1. The summed E-state index contributed by atoms with van der Waals surface area (Å²) in [6, 6.07) is 4.37. The van der Waals surface area contributed by atoms with Crippen molar-refractivity contribution in [1.29, 1.82) is 5.26 Å². The topological polar surface area (TPSA) is 112 Å². The zero-order valence-electron chi connectivity index (χ0n) is 16.5. The Labute approximate surface area is 176 Å². The number of benzene rings is 1. The van der Waals surface area contributed by atoms with E-state index in [-0.39, 0.29) is 41.2 Å². The molecule has 0 radical (unpaired) electrons. The number of rotatable bonds is 4. The lowest BCUT2D eigenvalue weighted by molar-refractivity contribution is -0.136. The van der Waals surface area contributed by atoms with E-state index in [2.05, 4.69) is 26.7 Å². The molecular weight excluding hydrogens is 414 g/mol. The number of nitrogens with zero attached hydrogens (tertiary/aromatic N) is 3. The van der Waals surface area contributed by atoms with Gasteiger partial charge >= 0.3 is 13.3 Å². The number of nitrogens with one attached hydrogen (secondary N) is 2. The molecule has 1 aromatic heterocycles. The van der Waals surface area contributed by atoms with Crippen LogP contribution in [0.2, 0.25) is 0 Å². The van der Waals surface area contributed by atoms with Crippen molar-refractivity contribution in [3.63, 3.8) is 0 Å². The predicted octanol–water partition coefficient (Wildman–Crippen LogP) is 2.11. The van der Waals surface area contributed by atoms with Gasteiger partial charge in [-0.15, -0.1) is 0 Å². The fourth-order valence-corrected chi connectivity index (χ4v) is 3.67. The zero-order valence-corrected chi connectivity index (χ0v) is 16.5. The molecule has 3 heterocycles. The van der Waals surface area contributed by atoms with Crippen molar-refractivity contribution in [2.24, 2.45) is 5.92 Å². The van der Waals surface area contributed by atoms with Gasteiger partial charge in [-0.1, -0.05) is 0 Å². The van der Waals surface area contributed by atoms with E-state index in [0.717, 1.165) is 6.07 Å². The first-order valence-corrected chi connectivity index (χ1v) is 9.64. The van der Waals surface area contributed by atoms with Gasteiger partial charge in [0, 0.05) is 29.5 Å². The van der Waals surface area contributed by atoms with Gasteiger partial charge in [0.1, 0.15) is 5.82 Å². The maximum Gasteiger partial charge on any atom is 0.492 e. The number of aromatic nitrogens is 2. The minimum absolute atomic E-state index is 0.0888. The van der Waals surface area contributed by atoms with Gasteiger partial charge in [-0.3, -0.25) is 0 Å². The van der Waals surface area contributed by atoms with Crippen LogP contribution >= 0.6 is 0 Å². The Kier molecular flexibility index (Phi) is 5.74. The molecule has 3 N–H and O–H groups in total. The van der Waals surface area contributed by atoms with Gasteiger partial charge in [-0.25, -0.2) is 4.98 Å². The number of halogens is 3. The van der Waals surface area contributed by atoms with Gasteiger partial charge < -0.3 is 25.0 Å². The lowest BCUT2D eigenvalue weighted by Gasteiger charge is -2.28. The molecule has 0 bridgehead atoms. The highest BCUT2D eigenvalue weighted by Crippen LogP contribution is 2.33. The SMILES string of the molecule is Cc1cnc(Nc2cc3c(c(C(F)(F)F)c2)B(O)OC3)nc1N[C@H]1COCCC1C#N. The third-order valence-electron chi connectivity index (χ3n) is 5.29. The van der Waals surface area contributed by atoms with Crippen LogP contribution in [0.1, 0.15) is 23.1 Å². The third kappa shape index (κ3) is 4.44. The molecule has 1 fully saturated rings. The largest absolute Gasteiger partial charge is 0.492 e. The Bertz CT molecular complexity index is 1030. The summed E-state index contributed by atoms with van der Waals surface area (Å²) >= 11 is 0. The van der Waals surface area contributed by atoms with Crippen molar-refractivity contribution in [1.82, 2.24) is 9.97 Å². The number of alkyl halides is 3.